The first-order chi connectivity index (χ1) is 15.0. The van der Waals surface area contributed by atoms with E-state index in [0.29, 0.717) is 5.02 Å². The van der Waals surface area contributed by atoms with Gasteiger partial charge in [-0.2, -0.15) is 0 Å². The first kappa shape index (κ1) is 21.2. The molecule has 2 aromatic carbocycles. The summed E-state index contributed by atoms with van der Waals surface area (Å²) >= 11 is 5.72. The van der Waals surface area contributed by atoms with Gasteiger partial charge in [-0.05, 0) is 28.7 Å². The van der Waals surface area contributed by atoms with Crippen LogP contribution in [0.15, 0.2) is 60.9 Å². The topological polar surface area (TPSA) is 105 Å². The largest absolute Gasteiger partial charge is 0.449 e. The Morgan fingerprint density at radius 2 is 1.61 bits per heavy atom. The maximum absolute atomic E-state index is 12.2. The summed E-state index contributed by atoms with van der Waals surface area (Å²) in [7, 11) is 0. The van der Waals surface area contributed by atoms with E-state index in [1.165, 1.54) is 12.4 Å². The van der Waals surface area contributed by atoms with Crippen LogP contribution < -0.4 is 5.32 Å². The number of halogens is 1. The number of amides is 1. The van der Waals surface area contributed by atoms with E-state index >= 15 is 0 Å². The second-order valence-electron chi connectivity index (χ2n) is 7.31. The summed E-state index contributed by atoms with van der Waals surface area (Å²) in [5.74, 6) is 0.0469. The molecule has 0 spiro atoms. The molecule has 1 heterocycles. The molecule has 1 aliphatic carbocycles. The van der Waals surface area contributed by atoms with Crippen LogP contribution in [0.3, 0.4) is 0 Å². The van der Waals surface area contributed by atoms with Gasteiger partial charge in [-0.15, -0.1) is 0 Å². The molecule has 1 amide bonds. The van der Waals surface area contributed by atoms with Crippen LogP contribution in [0, 0.1) is 0 Å². The van der Waals surface area contributed by atoms with E-state index in [1.807, 2.05) is 24.3 Å². The number of aliphatic hydroxyl groups excluding tert-OH is 2. The lowest BCUT2D eigenvalue weighted by atomic mass is 9.98. The number of rotatable bonds is 7. The first-order valence-corrected chi connectivity index (χ1v) is 10.3. The highest BCUT2D eigenvalue weighted by molar-refractivity contribution is 6.30. The van der Waals surface area contributed by atoms with Crippen molar-refractivity contribution in [3.8, 4) is 11.1 Å². The fraction of sp³-hybridized carbons (Fsp3) is 0.261. The van der Waals surface area contributed by atoms with Crippen molar-refractivity contribution in [3.05, 3.63) is 82.9 Å². The fourth-order valence-corrected chi connectivity index (χ4v) is 3.87. The van der Waals surface area contributed by atoms with Crippen LogP contribution in [0.4, 0.5) is 4.79 Å². The number of ether oxygens (including phenoxy) is 1. The molecule has 3 N–H and O–H groups in total. The number of aliphatic hydroxyl groups is 2. The summed E-state index contributed by atoms with van der Waals surface area (Å²) in [6.45, 7) is 0.339. The molecule has 1 aliphatic rings. The van der Waals surface area contributed by atoms with Gasteiger partial charge >= 0.3 is 6.09 Å². The third-order valence-corrected chi connectivity index (χ3v) is 5.52. The molecular weight excluding hydrogens is 418 g/mol. The third-order valence-electron chi connectivity index (χ3n) is 5.32. The molecule has 3 aromatic rings. The van der Waals surface area contributed by atoms with Crippen molar-refractivity contribution in [1.29, 1.82) is 0 Å². The van der Waals surface area contributed by atoms with Crippen LogP contribution in [-0.2, 0) is 4.74 Å². The van der Waals surface area contributed by atoms with Crippen molar-refractivity contribution in [2.24, 2.45) is 0 Å². The number of carbonyl (C=O) groups excluding carboxylic acids is 1. The summed E-state index contributed by atoms with van der Waals surface area (Å²) in [4.78, 5) is 19.9. The van der Waals surface area contributed by atoms with Crippen LogP contribution in [0.25, 0.3) is 11.1 Å². The first-order valence-electron chi connectivity index (χ1n) is 9.97. The van der Waals surface area contributed by atoms with Gasteiger partial charge in [-0.1, -0.05) is 60.1 Å². The third kappa shape index (κ3) is 4.69. The number of carbonyl (C=O) groups is 1. The van der Waals surface area contributed by atoms with E-state index < -0.39 is 18.3 Å². The summed E-state index contributed by atoms with van der Waals surface area (Å²) in [5.41, 5.74) is 4.60. The Bertz CT molecular complexity index is 1020. The van der Waals surface area contributed by atoms with E-state index in [2.05, 4.69) is 39.6 Å². The molecule has 31 heavy (non-hydrogen) atoms. The molecular formula is C23H22ClN3O4. The Morgan fingerprint density at radius 3 is 2.23 bits per heavy atom. The zero-order chi connectivity index (χ0) is 21.8. The van der Waals surface area contributed by atoms with E-state index in [4.69, 9.17) is 16.3 Å². The number of nitrogens with one attached hydrogen (secondary N) is 1. The number of benzene rings is 2. The molecule has 4 rings (SSSR count). The highest BCUT2D eigenvalue weighted by Gasteiger charge is 2.29. The Labute approximate surface area is 184 Å². The van der Waals surface area contributed by atoms with E-state index in [9.17, 15) is 15.0 Å². The van der Waals surface area contributed by atoms with Crippen molar-refractivity contribution in [3.63, 3.8) is 0 Å². The summed E-state index contributed by atoms with van der Waals surface area (Å²) in [5, 5.41) is 23.2. The SMILES string of the molecule is O=C(NCCC(O)C(O)c1ncc(Cl)cn1)OCC1c2ccccc2-c2ccccc21. The standard InChI is InChI=1S/C23H22ClN3O4/c24-14-11-26-22(27-12-14)21(29)20(28)9-10-25-23(30)31-13-19-17-7-3-1-5-15(17)16-6-2-4-8-18(16)19/h1-8,11-12,19-21,28-29H,9-10,13H2,(H,25,30). The molecule has 0 fully saturated rings. The van der Waals surface area contributed by atoms with Gasteiger partial charge in [0, 0.05) is 24.9 Å². The lowest BCUT2D eigenvalue weighted by molar-refractivity contribution is 0.00845. The van der Waals surface area contributed by atoms with Gasteiger partial charge in [0.15, 0.2) is 5.82 Å². The molecule has 0 radical (unpaired) electrons. The van der Waals surface area contributed by atoms with Gasteiger partial charge in [0.2, 0.25) is 0 Å². The summed E-state index contributed by atoms with van der Waals surface area (Å²) in [6.07, 6.45) is -0.205. The predicted molar refractivity (Wildman–Crippen MR) is 116 cm³/mol. The Balaban J connectivity index is 1.28. The number of hydrogen-bond donors (Lipinski definition) is 3. The van der Waals surface area contributed by atoms with E-state index in [1.54, 1.807) is 0 Å². The molecule has 7 nitrogen and oxygen atoms in total. The summed E-state index contributed by atoms with van der Waals surface area (Å²) < 4.78 is 5.45. The monoisotopic (exact) mass is 439 g/mol. The predicted octanol–water partition coefficient (Wildman–Crippen LogP) is 3.45. The number of nitrogens with zero attached hydrogens (tertiary/aromatic N) is 2. The van der Waals surface area contributed by atoms with Crippen LogP contribution >= 0.6 is 11.6 Å². The quantitative estimate of drug-likeness (QED) is 0.520. The van der Waals surface area contributed by atoms with E-state index in [0.717, 1.165) is 22.3 Å². The van der Waals surface area contributed by atoms with Gasteiger partial charge in [0.25, 0.3) is 0 Å². The van der Waals surface area contributed by atoms with Gasteiger partial charge in [0.1, 0.15) is 12.7 Å². The normalized spacial score (nSPS) is 14.4. The van der Waals surface area contributed by atoms with Gasteiger partial charge in [-0.3, -0.25) is 0 Å². The van der Waals surface area contributed by atoms with Crippen LogP contribution in [-0.4, -0.2) is 45.5 Å². The molecule has 0 saturated heterocycles. The Morgan fingerprint density at radius 1 is 1.03 bits per heavy atom. The molecule has 160 valence electrons. The minimum Gasteiger partial charge on any atom is -0.449 e. The summed E-state index contributed by atoms with van der Waals surface area (Å²) in [6, 6.07) is 16.2. The lowest BCUT2D eigenvalue weighted by Gasteiger charge is -2.17. The average molecular weight is 440 g/mol. The highest BCUT2D eigenvalue weighted by Crippen LogP contribution is 2.44. The molecule has 0 aliphatic heterocycles. The maximum atomic E-state index is 12.2. The van der Waals surface area contributed by atoms with Crippen LogP contribution in [0.2, 0.25) is 5.02 Å². The number of fused-ring (bicyclic) bond motifs is 3. The number of alkyl carbamates (subject to hydrolysis) is 1. The van der Waals surface area contributed by atoms with Crippen molar-refractivity contribution in [2.45, 2.75) is 24.5 Å². The van der Waals surface area contributed by atoms with Crippen molar-refractivity contribution in [1.82, 2.24) is 15.3 Å². The number of aromatic nitrogens is 2. The van der Waals surface area contributed by atoms with Crippen LogP contribution in [0.5, 0.6) is 0 Å². The molecule has 1 aromatic heterocycles. The van der Waals surface area contributed by atoms with Crippen molar-refractivity contribution in [2.75, 3.05) is 13.2 Å². The molecule has 8 heteroatoms. The Hall–Kier alpha value is -3.00. The smallest absolute Gasteiger partial charge is 0.407 e. The zero-order valence-corrected chi connectivity index (χ0v) is 17.4. The minimum atomic E-state index is -1.28. The lowest BCUT2D eigenvalue weighted by Crippen LogP contribution is -2.31. The fourth-order valence-electron chi connectivity index (χ4n) is 3.78. The van der Waals surface area contributed by atoms with Gasteiger partial charge in [-0.25, -0.2) is 14.8 Å². The molecule has 0 saturated carbocycles. The Kier molecular flexibility index (Phi) is 6.46. The minimum absolute atomic E-state index is 0.0207. The average Bonchev–Trinajstić information content (AvgIpc) is 3.11. The highest BCUT2D eigenvalue weighted by atomic mass is 35.5. The molecule has 0 bridgehead atoms. The van der Waals surface area contributed by atoms with Gasteiger partial charge < -0.3 is 20.3 Å². The molecule has 2 unspecified atom stereocenters. The van der Waals surface area contributed by atoms with E-state index in [-0.39, 0.29) is 31.3 Å². The van der Waals surface area contributed by atoms with Gasteiger partial charge in [0.05, 0.1) is 11.1 Å². The second kappa shape index (κ2) is 9.43. The van der Waals surface area contributed by atoms with Crippen molar-refractivity contribution < 1.29 is 19.7 Å². The second-order valence-corrected chi connectivity index (χ2v) is 7.75. The van der Waals surface area contributed by atoms with Crippen molar-refractivity contribution >= 4 is 17.7 Å². The number of hydrogen-bond acceptors (Lipinski definition) is 6. The molecule has 2 atom stereocenters. The zero-order valence-electron chi connectivity index (χ0n) is 16.6. The maximum Gasteiger partial charge on any atom is 0.407 e. The van der Waals surface area contributed by atoms with Crippen LogP contribution in [0.1, 0.15) is 35.4 Å².